The number of aliphatic hydroxyl groups is 1. The second-order valence-corrected chi connectivity index (χ2v) is 4.63. The van der Waals surface area contributed by atoms with Crippen LogP contribution in [-0.2, 0) is 4.79 Å². The van der Waals surface area contributed by atoms with Gasteiger partial charge in [-0.2, -0.15) is 0 Å². The first-order chi connectivity index (χ1) is 8.04. The molecule has 5 nitrogen and oxygen atoms in total. The van der Waals surface area contributed by atoms with Crippen LogP contribution in [0.25, 0.3) is 0 Å². The molecule has 1 amide bonds. The lowest BCUT2D eigenvalue weighted by atomic mass is 10.1. The smallest absolute Gasteiger partial charge is 0.326 e. The van der Waals surface area contributed by atoms with Crippen molar-refractivity contribution in [2.45, 2.75) is 12.5 Å². The number of carboxylic acid groups (broad SMARTS) is 1. The fourth-order valence-electron chi connectivity index (χ4n) is 1.26. The van der Waals surface area contributed by atoms with Crippen LogP contribution in [0, 0.1) is 3.57 Å². The van der Waals surface area contributed by atoms with E-state index < -0.39 is 17.9 Å². The minimum atomic E-state index is -1.15. The largest absolute Gasteiger partial charge is 0.480 e. The molecular formula is C11H12INO4. The van der Waals surface area contributed by atoms with E-state index in [9.17, 15) is 9.59 Å². The predicted molar refractivity (Wildman–Crippen MR) is 69.8 cm³/mol. The van der Waals surface area contributed by atoms with Crippen molar-refractivity contribution in [3.8, 4) is 0 Å². The molecule has 0 saturated heterocycles. The maximum atomic E-state index is 11.7. The molecule has 3 N–H and O–H groups in total. The normalized spacial score (nSPS) is 11.9. The standard InChI is InChI=1S/C11H12INO4/c12-8-3-1-2-7(6-8)10(15)13-9(4-5-14)11(16)17/h1-3,6,9,14H,4-5H2,(H,13,15)(H,16,17)/t9-/m1/s1. The molecule has 0 aliphatic carbocycles. The molecule has 0 aliphatic heterocycles. The molecule has 0 aliphatic rings. The molecule has 0 fully saturated rings. The van der Waals surface area contributed by atoms with E-state index in [1.54, 1.807) is 18.2 Å². The lowest BCUT2D eigenvalue weighted by molar-refractivity contribution is -0.139. The Balaban J connectivity index is 2.73. The number of carbonyl (C=O) groups is 2. The molecule has 0 heterocycles. The van der Waals surface area contributed by atoms with Gasteiger partial charge in [0, 0.05) is 22.2 Å². The zero-order valence-corrected chi connectivity index (χ0v) is 11.0. The molecular weight excluding hydrogens is 337 g/mol. The highest BCUT2D eigenvalue weighted by Gasteiger charge is 2.19. The summed E-state index contributed by atoms with van der Waals surface area (Å²) in [5, 5.41) is 19.9. The van der Waals surface area contributed by atoms with Gasteiger partial charge in [-0.3, -0.25) is 4.79 Å². The monoisotopic (exact) mass is 349 g/mol. The number of carbonyl (C=O) groups excluding carboxylic acids is 1. The Kier molecular flexibility index (Phi) is 5.36. The molecule has 92 valence electrons. The van der Waals surface area contributed by atoms with Crippen molar-refractivity contribution in [2.75, 3.05) is 6.61 Å². The van der Waals surface area contributed by atoms with Gasteiger partial charge in [0.1, 0.15) is 6.04 Å². The summed E-state index contributed by atoms with van der Waals surface area (Å²) in [6.45, 7) is -0.288. The molecule has 0 bridgehead atoms. The van der Waals surface area contributed by atoms with Crippen molar-refractivity contribution in [2.24, 2.45) is 0 Å². The average molecular weight is 349 g/mol. The summed E-state index contributed by atoms with van der Waals surface area (Å²) in [6, 6.07) is 5.76. The van der Waals surface area contributed by atoms with Gasteiger partial charge in [-0.05, 0) is 40.8 Å². The Morgan fingerprint density at radius 3 is 2.65 bits per heavy atom. The SMILES string of the molecule is O=C(N[C@H](CCO)C(=O)O)c1cccc(I)c1. The highest BCUT2D eigenvalue weighted by atomic mass is 127. The summed E-state index contributed by atoms with van der Waals surface area (Å²) in [6.07, 6.45) is -0.00893. The summed E-state index contributed by atoms with van der Waals surface area (Å²) >= 11 is 2.07. The van der Waals surface area contributed by atoms with E-state index in [4.69, 9.17) is 10.2 Å². The topological polar surface area (TPSA) is 86.6 Å². The number of carboxylic acids is 1. The van der Waals surface area contributed by atoms with Gasteiger partial charge in [-0.15, -0.1) is 0 Å². The molecule has 1 aromatic carbocycles. The van der Waals surface area contributed by atoms with Gasteiger partial charge >= 0.3 is 5.97 Å². The minimum Gasteiger partial charge on any atom is -0.480 e. The predicted octanol–water partition coefficient (Wildman–Crippen LogP) is 0.857. The van der Waals surface area contributed by atoms with Crippen LogP contribution in [0.5, 0.6) is 0 Å². The first-order valence-electron chi connectivity index (χ1n) is 4.94. The molecule has 0 radical (unpaired) electrons. The summed E-state index contributed by atoms with van der Waals surface area (Å²) in [7, 11) is 0. The maximum absolute atomic E-state index is 11.7. The summed E-state index contributed by atoms with van der Waals surface area (Å²) in [4.78, 5) is 22.5. The van der Waals surface area contributed by atoms with E-state index >= 15 is 0 Å². The lowest BCUT2D eigenvalue weighted by Gasteiger charge is -2.13. The number of rotatable bonds is 5. The number of hydrogen-bond acceptors (Lipinski definition) is 3. The van der Waals surface area contributed by atoms with E-state index in [0.29, 0.717) is 5.56 Å². The molecule has 17 heavy (non-hydrogen) atoms. The third-order valence-corrected chi connectivity index (χ3v) is 2.78. The molecule has 1 aromatic rings. The number of nitrogens with one attached hydrogen (secondary N) is 1. The van der Waals surface area contributed by atoms with Crippen LogP contribution in [0.15, 0.2) is 24.3 Å². The maximum Gasteiger partial charge on any atom is 0.326 e. The van der Waals surface area contributed by atoms with E-state index in [2.05, 4.69) is 27.9 Å². The summed E-state index contributed by atoms with van der Waals surface area (Å²) < 4.78 is 0.893. The number of benzene rings is 1. The van der Waals surface area contributed by atoms with Crippen LogP contribution in [0.4, 0.5) is 0 Å². The number of aliphatic carboxylic acids is 1. The van der Waals surface area contributed by atoms with Crippen molar-refractivity contribution >= 4 is 34.5 Å². The number of amides is 1. The Labute approximate surface area is 112 Å². The van der Waals surface area contributed by atoms with E-state index in [-0.39, 0.29) is 13.0 Å². The van der Waals surface area contributed by atoms with Gasteiger partial charge in [0.05, 0.1) is 0 Å². The molecule has 0 spiro atoms. The van der Waals surface area contributed by atoms with Gasteiger partial charge in [0.25, 0.3) is 5.91 Å². The molecule has 0 saturated carbocycles. The van der Waals surface area contributed by atoms with Crippen LogP contribution in [-0.4, -0.2) is 34.7 Å². The van der Waals surface area contributed by atoms with Crippen LogP contribution in [0.3, 0.4) is 0 Å². The quantitative estimate of drug-likeness (QED) is 0.688. The van der Waals surface area contributed by atoms with Crippen molar-refractivity contribution < 1.29 is 19.8 Å². The highest BCUT2D eigenvalue weighted by Crippen LogP contribution is 2.08. The first-order valence-corrected chi connectivity index (χ1v) is 6.02. The Morgan fingerprint density at radius 1 is 1.41 bits per heavy atom. The third kappa shape index (κ3) is 4.31. The van der Waals surface area contributed by atoms with Crippen LogP contribution < -0.4 is 5.32 Å². The van der Waals surface area contributed by atoms with Crippen molar-refractivity contribution in [1.29, 1.82) is 0 Å². The summed E-state index contributed by atoms with van der Waals surface area (Å²) in [5.41, 5.74) is 0.404. The van der Waals surface area contributed by atoms with Crippen LogP contribution >= 0.6 is 22.6 Å². The van der Waals surface area contributed by atoms with Gasteiger partial charge in [0.2, 0.25) is 0 Å². The minimum absolute atomic E-state index is 0.00893. The third-order valence-electron chi connectivity index (χ3n) is 2.11. The first kappa shape index (κ1) is 13.9. The molecule has 6 heteroatoms. The second-order valence-electron chi connectivity index (χ2n) is 3.39. The fraction of sp³-hybridized carbons (Fsp3) is 0.273. The summed E-state index contributed by atoms with van der Waals surface area (Å²) in [5.74, 6) is -1.61. The van der Waals surface area contributed by atoms with Gasteiger partial charge < -0.3 is 15.5 Å². The van der Waals surface area contributed by atoms with Crippen molar-refractivity contribution in [3.63, 3.8) is 0 Å². The highest BCUT2D eigenvalue weighted by molar-refractivity contribution is 14.1. The number of hydrogen-bond donors (Lipinski definition) is 3. The van der Waals surface area contributed by atoms with E-state index in [0.717, 1.165) is 3.57 Å². The Bertz CT molecular complexity index is 422. The van der Waals surface area contributed by atoms with Crippen LogP contribution in [0.2, 0.25) is 0 Å². The fourth-order valence-corrected chi connectivity index (χ4v) is 1.80. The Morgan fingerprint density at radius 2 is 2.12 bits per heavy atom. The molecule has 1 atom stereocenters. The average Bonchev–Trinajstić information content (AvgIpc) is 2.28. The van der Waals surface area contributed by atoms with Crippen molar-refractivity contribution in [3.05, 3.63) is 33.4 Å². The van der Waals surface area contributed by atoms with Crippen LogP contribution in [0.1, 0.15) is 16.8 Å². The lowest BCUT2D eigenvalue weighted by Crippen LogP contribution is -2.41. The zero-order chi connectivity index (χ0) is 12.8. The molecule has 0 aromatic heterocycles. The van der Waals surface area contributed by atoms with E-state index in [1.165, 1.54) is 0 Å². The van der Waals surface area contributed by atoms with E-state index in [1.807, 2.05) is 6.07 Å². The number of halogens is 1. The number of aliphatic hydroxyl groups excluding tert-OH is 1. The van der Waals surface area contributed by atoms with Gasteiger partial charge in [-0.25, -0.2) is 4.79 Å². The Hall–Kier alpha value is -1.15. The van der Waals surface area contributed by atoms with Gasteiger partial charge in [0.15, 0.2) is 0 Å². The molecule has 1 rings (SSSR count). The molecule has 0 unspecified atom stereocenters. The zero-order valence-electron chi connectivity index (χ0n) is 8.89. The van der Waals surface area contributed by atoms with Crippen molar-refractivity contribution in [1.82, 2.24) is 5.32 Å². The second kappa shape index (κ2) is 6.55. The van der Waals surface area contributed by atoms with Gasteiger partial charge in [-0.1, -0.05) is 6.07 Å².